The number of aliphatic hydroxyl groups excluding tert-OH is 1. The lowest BCUT2D eigenvalue weighted by Crippen LogP contribution is -2.41. The summed E-state index contributed by atoms with van der Waals surface area (Å²) in [4.78, 5) is 12.0. The van der Waals surface area contributed by atoms with Gasteiger partial charge in [0.2, 0.25) is 5.91 Å². The largest absolute Gasteiger partial charge is 0.387 e. The van der Waals surface area contributed by atoms with Gasteiger partial charge in [-0.25, -0.2) is 0 Å². The first-order valence-corrected chi connectivity index (χ1v) is 6.90. The number of aliphatic hydroxyl groups is 1. The molecule has 1 heterocycles. The van der Waals surface area contributed by atoms with Crippen LogP contribution in [0.5, 0.6) is 0 Å². The number of rotatable bonds is 4. The summed E-state index contributed by atoms with van der Waals surface area (Å²) in [5.74, 6) is 0.0812. The Morgan fingerprint density at radius 2 is 2.32 bits per heavy atom. The van der Waals surface area contributed by atoms with Crippen LogP contribution >= 0.6 is 0 Å². The third-order valence-corrected chi connectivity index (χ3v) is 3.68. The first-order valence-electron chi connectivity index (χ1n) is 6.90. The second-order valence-corrected chi connectivity index (χ2v) is 5.16. The molecule has 3 N–H and O–H groups in total. The Kier molecular flexibility index (Phi) is 4.93. The first-order chi connectivity index (χ1) is 9.18. The van der Waals surface area contributed by atoms with Crippen molar-refractivity contribution in [2.24, 2.45) is 5.92 Å². The maximum atomic E-state index is 12.0. The molecule has 2 rings (SSSR count). The van der Waals surface area contributed by atoms with Gasteiger partial charge >= 0.3 is 0 Å². The van der Waals surface area contributed by atoms with Gasteiger partial charge in [0.15, 0.2) is 0 Å². The quantitative estimate of drug-likeness (QED) is 0.762. The highest BCUT2D eigenvalue weighted by molar-refractivity contribution is 5.79. The van der Waals surface area contributed by atoms with Gasteiger partial charge in [-0.3, -0.25) is 4.79 Å². The second-order valence-electron chi connectivity index (χ2n) is 5.16. The van der Waals surface area contributed by atoms with E-state index >= 15 is 0 Å². The van der Waals surface area contributed by atoms with Crippen molar-refractivity contribution in [2.45, 2.75) is 25.9 Å². The zero-order valence-electron chi connectivity index (χ0n) is 11.4. The van der Waals surface area contributed by atoms with Gasteiger partial charge in [-0.2, -0.15) is 0 Å². The molecule has 4 nitrogen and oxygen atoms in total. The van der Waals surface area contributed by atoms with Crippen molar-refractivity contribution in [3.63, 3.8) is 0 Å². The van der Waals surface area contributed by atoms with E-state index in [1.165, 1.54) is 0 Å². The van der Waals surface area contributed by atoms with Crippen molar-refractivity contribution in [3.05, 3.63) is 35.4 Å². The van der Waals surface area contributed by atoms with Gasteiger partial charge in [0.25, 0.3) is 0 Å². The molecule has 1 aliphatic rings. The number of aryl methyl sites for hydroxylation is 1. The molecule has 2 atom stereocenters. The highest BCUT2D eigenvalue weighted by atomic mass is 16.3. The van der Waals surface area contributed by atoms with E-state index in [0.29, 0.717) is 0 Å². The Hall–Kier alpha value is -1.39. The number of hydrogen-bond donors (Lipinski definition) is 3. The van der Waals surface area contributed by atoms with Crippen molar-refractivity contribution in [1.82, 2.24) is 10.6 Å². The van der Waals surface area contributed by atoms with Gasteiger partial charge in [0.1, 0.15) is 0 Å². The molecule has 0 saturated carbocycles. The number of piperidine rings is 1. The minimum atomic E-state index is -0.637. The zero-order valence-corrected chi connectivity index (χ0v) is 11.4. The predicted octanol–water partition coefficient (Wildman–Crippen LogP) is 1.14. The van der Waals surface area contributed by atoms with Crippen LogP contribution in [0.2, 0.25) is 0 Å². The molecular formula is C15H22N2O2. The average Bonchev–Trinajstić information content (AvgIpc) is 2.46. The molecule has 2 unspecified atom stereocenters. The minimum absolute atomic E-state index is 0.0396. The summed E-state index contributed by atoms with van der Waals surface area (Å²) < 4.78 is 0. The predicted molar refractivity (Wildman–Crippen MR) is 74.7 cm³/mol. The van der Waals surface area contributed by atoms with Crippen LogP contribution in [0.25, 0.3) is 0 Å². The Morgan fingerprint density at radius 3 is 3.00 bits per heavy atom. The van der Waals surface area contributed by atoms with Gasteiger partial charge in [-0.15, -0.1) is 0 Å². The van der Waals surface area contributed by atoms with E-state index in [1.54, 1.807) is 0 Å². The van der Waals surface area contributed by atoms with Gasteiger partial charge in [-0.05, 0) is 37.4 Å². The lowest BCUT2D eigenvalue weighted by Gasteiger charge is -2.23. The highest BCUT2D eigenvalue weighted by Crippen LogP contribution is 2.17. The standard InChI is InChI=1S/C15H22N2O2/c1-11-5-2-3-7-13(11)14(18)10-17-15(19)12-6-4-8-16-9-12/h2-3,5,7,12,14,16,18H,4,6,8-10H2,1H3,(H,17,19). The third kappa shape index (κ3) is 3.78. The Labute approximate surface area is 114 Å². The van der Waals surface area contributed by atoms with E-state index in [1.807, 2.05) is 31.2 Å². The average molecular weight is 262 g/mol. The van der Waals surface area contributed by atoms with Crippen LogP contribution in [0.15, 0.2) is 24.3 Å². The molecule has 1 aromatic carbocycles. The molecule has 1 aliphatic heterocycles. The fraction of sp³-hybridized carbons (Fsp3) is 0.533. The first kappa shape index (κ1) is 14.0. The molecule has 0 bridgehead atoms. The van der Waals surface area contributed by atoms with Crippen LogP contribution in [-0.2, 0) is 4.79 Å². The number of amides is 1. The lowest BCUT2D eigenvalue weighted by molar-refractivity contribution is -0.125. The number of hydrogen-bond acceptors (Lipinski definition) is 3. The molecule has 4 heteroatoms. The van der Waals surface area contributed by atoms with E-state index in [-0.39, 0.29) is 18.4 Å². The fourth-order valence-corrected chi connectivity index (χ4v) is 2.49. The Balaban J connectivity index is 1.84. The smallest absolute Gasteiger partial charge is 0.224 e. The molecular weight excluding hydrogens is 240 g/mol. The van der Waals surface area contributed by atoms with Crippen molar-refractivity contribution in [1.29, 1.82) is 0 Å². The van der Waals surface area contributed by atoms with E-state index in [9.17, 15) is 9.90 Å². The molecule has 0 aromatic heterocycles. The summed E-state index contributed by atoms with van der Waals surface area (Å²) in [7, 11) is 0. The van der Waals surface area contributed by atoms with Gasteiger partial charge in [0.05, 0.1) is 12.0 Å². The van der Waals surface area contributed by atoms with Gasteiger partial charge < -0.3 is 15.7 Å². The number of carbonyl (C=O) groups is 1. The lowest BCUT2D eigenvalue weighted by atomic mass is 9.98. The van der Waals surface area contributed by atoms with E-state index in [4.69, 9.17) is 0 Å². The summed E-state index contributed by atoms with van der Waals surface area (Å²) in [6.07, 6.45) is 1.33. The van der Waals surface area contributed by atoms with E-state index in [2.05, 4.69) is 10.6 Å². The van der Waals surface area contributed by atoms with E-state index < -0.39 is 6.10 Å². The van der Waals surface area contributed by atoms with Crippen LogP contribution in [0.3, 0.4) is 0 Å². The van der Waals surface area contributed by atoms with Crippen LogP contribution in [0.1, 0.15) is 30.1 Å². The molecule has 1 saturated heterocycles. The van der Waals surface area contributed by atoms with Crippen LogP contribution in [0, 0.1) is 12.8 Å². The summed E-state index contributed by atoms with van der Waals surface area (Å²) in [5.41, 5.74) is 1.92. The van der Waals surface area contributed by atoms with Crippen LogP contribution in [0.4, 0.5) is 0 Å². The maximum absolute atomic E-state index is 12.0. The van der Waals surface area contributed by atoms with Crippen LogP contribution < -0.4 is 10.6 Å². The summed E-state index contributed by atoms with van der Waals surface area (Å²) in [6, 6.07) is 7.70. The van der Waals surface area contributed by atoms with Gasteiger partial charge in [0, 0.05) is 13.1 Å². The molecule has 0 aliphatic carbocycles. The normalized spacial score (nSPS) is 20.8. The SMILES string of the molecule is Cc1ccccc1C(O)CNC(=O)C1CCCNC1. The van der Waals surface area contributed by atoms with Crippen molar-refractivity contribution in [2.75, 3.05) is 19.6 Å². The number of benzene rings is 1. The van der Waals surface area contributed by atoms with Crippen molar-refractivity contribution >= 4 is 5.91 Å². The summed E-state index contributed by atoms with van der Waals surface area (Å²) in [6.45, 7) is 3.98. The molecule has 0 spiro atoms. The van der Waals surface area contributed by atoms with Crippen molar-refractivity contribution < 1.29 is 9.90 Å². The number of nitrogens with one attached hydrogen (secondary N) is 2. The molecule has 0 radical (unpaired) electrons. The third-order valence-electron chi connectivity index (χ3n) is 3.68. The summed E-state index contributed by atoms with van der Waals surface area (Å²) in [5, 5.41) is 16.2. The number of carbonyl (C=O) groups excluding carboxylic acids is 1. The maximum Gasteiger partial charge on any atom is 0.224 e. The molecule has 104 valence electrons. The zero-order chi connectivity index (χ0) is 13.7. The topological polar surface area (TPSA) is 61.4 Å². The Bertz CT molecular complexity index is 428. The molecule has 19 heavy (non-hydrogen) atoms. The Morgan fingerprint density at radius 1 is 1.53 bits per heavy atom. The van der Waals surface area contributed by atoms with Gasteiger partial charge in [-0.1, -0.05) is 24.3 Å². The molecule has 1 fully saturated rings. The molecule has 1 amide bonds. The second kappa shape index (κ2) is 6.68. The minimum Gasteiger partial charge on any atom is -0.387 e. The highest BCUT2D eigenvalue weighted by Gasteiger charge is 2.21. The van der Waals surface area contributed by atoms with E-state index in [0.717, 1.165) is 37.1 Å². The fourth-order valence-electron chi connectivity index (χ4n) is 2.49. The monoisotopic (exact) mass is 262 g/mol. The van der Waals surface area contributed by atoms with Crippen molar-refractivity contribution in [3.8, 4) is 0 Å². The molecule has 1 aromatic rings. The van der Waals surface area contributed by atoms with Crippen LogP contribution in [-0.4, -0.2) is 30.6 Å². The summed E-state index contributed by atoms with van der Waals surface area (Å²) >= 11 is 0.